The van der Waals surface area contributed by atoms with E-state index in [1.807, 2.05) is 0 Å². The Morgan fingerprint density at radius 1 is 1.25 bits per heavy atom. The molecule has 0 saturated carbocycles. The van der Waals surface area contributed by atoms with E-state index in [2.05, 4.69) is 0 Å². The van der Waals surface area contributed by atoms with Crippen LogP contribution in [0, 0.1) is 0 Å². The molecule has 0 aromatic carbocycles. The first kappa shape index (κ1) is 15.1. The Bertz CT molecular complexity index is 442. The van der Waals surface area contributed by atoms with Gasteiger partial charge in [0.2, 0.25) is 0 Å². The lowest BCUT2D eigenvalue weighted by Gasteiger charge is -2.39. The van der Waals surface area contributed by atoms with Gasteiger partial charge in [0.1, 0.15) is 24.4 Å². The number of ether oxygens (including phenoxy) is 2. The van der Waals surface area contributed by atoms with Crippen LogP contribution in [0.1, 0.15) is 16.1 Å². The average molecular weight is 288 g/mol. The van der Waals surface area contributed by atoms with E-state index >= 15 is 0 Å². The van der Waals surface area contributed by atoms with E-state index < -0.39 is 37.3 Å². The second kappa shape index (κ2) is 6.44. The van der Waals surface area contributed by atoms with Gasteiger partial charge in [-0.15, -0.1) is 0 Å². The van der Waals surface area contributed by atoms with Gasteiger partial charge in [0.05, 0.1) is 19.5 Å². The molecule has 1 aromatic heterocycles. The molecule has 20 heavy (non-hydrogen) atoms. The summed E-state index contributed by atoms with van der Waals surface area (Å²) >= 11 is 0. The van der Waals surface area contributed by atoms with Gasteiger partial charge in [0, 0.05) is 5.56 Å². The second-order valence-corrected chi connectivity index (χ2v) is 4.44. The lowest BCUT2D eigenvalue weighted by Crippen LogP contribution is -2.59. The topological polar surface area (TPSA) is 130 Å². The second-order valence-electron chi connectivity index (χ2n) is 4.44. The van der Waals surface area contributed by atoms with Gasteiger partial charge in [-0.2, -0.15) is 0 Å². The van der Waals surface area contributed by atoms with E-state index in [0.29, 0.717) is 11.8 Å². The highest BCUT2D eigenvalue weighted by Crippen LogP contribution is 2.23. The third kappa shape index (κ3) is 2.90. The van der Waals surface area contributed by atoms with Gasteiger partial charge >= 0.3 is 0 Å². The summed E-state index contributed by atoms with van der Waals surface area (Å²) in [6.07, 6.45) is -4.84. The molecule has 1 aromatic rings. The van der Waals surface area contributed by atoms with Crippen LogP contribution in [-0.4, -0.2) is 64.0 Å². The molecule has 0 unspecified atom stereocenters. The Morgan fingerprint density at radius 2 is 2.00 bits per heavy atom. The Hall–Kier alpha value is -1.29. The molecule has 4 N–H and O–H groups in total. The number of aliphatic hydroxyl groups is 4. The molecule has 112 valence electrons. The van der Waals surface area contributed by atoms with Crippen LogP contribution in [0.2, 0.25) is 0 Å². The summed E-state index contributed by atoms with van der Waals surface area (Å²) in [4.78, 5) is 10.7. The standard InChI is InChI=1S/C12H16O8/c13-3-7-6(1-2-18-7)5-19-12-11(17)10(16)9(15)8(4-14)20-12/h1-3,8-12,14-17H,4-5H2/t8-,9-,10+,11-,12+/m1/s1. The van der Waals surface area contributed by atoms with Crippen LogP contribution < -0.4 is 0 Å². The van der Waals surface area contributed by atoms with Crippen molar-refractivity contribution in [2.45, 2.75) is 37.3 Å². The summed E-state index contributed by atoms with van der Waals surface area (Å²) in [6, 6.07) is 1.52. The predicted molar refractivity (Wildman–Crippen MR) is 62.7 cm³/mol. The van der Waals surface area contributed by atoms with Crippen LogP contribution in [0.15, 0.2) is 16.7 Å². The fraction of sp³-hybridized carbons (Fsp3) is 0.583. The Morgan fingerprint density at radius 3 is 2.65 bits per heavy atom. The first-order chi connectivity index (χ1) is 9.58. The van der Waals surface area contributed by atoms with Crippen molar-refractivity contribution >= 4 is 6.29 Å². The number of hydrogen-bond donors (Lipinski definition) is 4. The van der Waals surface area contributed by atoms with Gasteiger partial charge < -0.3 is 34.3 Å². The average Bonchev–Trinajstić information content (AvgIpc) is 2.91. The molecular weight excluding hydrogens is 272 g/mol. The van der Waals surface area contributed by atoms with Crippen molar-refractivity contribution < 1.29 is 39.1 Å². The van der Waals surface area contributed by atoms with Gasteiger partial charge in [-0.3, -0.25) is 4.79 Å². The monoisotopic (exact) mass is 288 g/mol. The van der Waals surface area contributed by atoms with Crippen molar-refractivity contribution in [3.05, 3.63) is 23.7 Å². The van der Waals surface area contributed by atoms with Crippen LogP contribution in [0.4, 0.5) is 0 Å². The van der Waals surface area contributed by atoms with Crippen molar-refractivity contribution in [1.29, 1.82) is 0 Å². The highest BCUT2D eigenvalue weighted by atomic mass is 16.7. The van der Waals surface area contributed by atoms with Gasteiger partial charge in [-0.05, 0) is 6.07 Å². The number of aliphatic hydroxyl groups excluding tert-OH is 4. The van der Waals surface area contributed by atoms with Crippen molar-refractivity contribution in [3.63, 3.8) is 0 Å². The summed E-state index contributed by atoms with van der Waals surface area (Å²) in [5.74, 6) is 0.0922. The van der Waals surface area contributed by atoms with E-state index in [1.54, 1.807) is 0 Å². The minimum absolute atomic E-state index is 0.0900. The third-order valence-electron chi connectivity index (χ3n) is 3.14. The first-order valence-corrected chi connectivity index (χ1v) is 6.02. The van der Waals surface area contributed by atoms with Crippen LogP contribution >= 0.6 is 0 Å². The molecular formula is C12H16O8. The van der Waals surface area contributed by atoms with E-state index in [4.69, 9.17) is 19.0 Å². The number of furan rings is 1. The molecule has 0 amide bonds. The van der Waals surface area contributed by atoms with E-state index in [0.717, 1.165) is 0 Å². The molecule has 2 heterocycles. The highest BCUT2D eigenvalue weighted by Gasteiger charge is 2.44. The molecule has 1 fully saturated rings. The molecule has 1 saturated heterocycles. The van der Waals surface area contributed by atoms with Crippen LogP contribution in [-0.2, 0) is 16.1 Å². The fourth-order valence-corrected chi connectivity index (χ4v) is 1.95. The molecule has 1 aliphatic rings. The molecule has 5 atom stereocenters. The highest BCUT2D eigenvalue weighted by molar-refractivity contribution is 5.72. The normalized spacial score (nSPS) is 34.1. The number of aldehydes is 1. The number of hydrogen-bond acceptors (Lipinski definition) is 8. The molecule has 8 nitrogen and oxygen atoms in total. The van der Waals surface area contributed by atoms with Gasteiger partial charge in [-0.25, -0.2) is 0 Å². The first-order valence-electron chi connectivity index (χ1n) is 6.02. The molecule has 2 rings (SSSR count). The molecule has 0 spiro atoms. The maximum absolute atomic E-state index is 10.7. The number of carbonyl (C=O) groups excluding carboxylic acids is 1. The van der Waals surface area contributed by atoms with E-state index in [9.17, 15) is 20.1 Å². The largest absolute Gasteiger partial charge is 0.461 e. The molecule has 0 bridgehead atoms. The van der Waals surface area contributed by atoms with Crippen molar-refractivity contribution in [3.8, 4) is 0 Å². The lowest BCUT2D eigenvalue weighted by atomic mass is 9.99. The van der Waals surface area contributed by atoms with Gasteiger partial charge in [0.15, 0.2) is 18.3 Å². The Labute approximate surface area is 114 Å². The SMILES string of the molecule is O=Cc1occc1CO[C@H]1O[C@H](CO)[C@@H](O)[C@H](O)[C@H]1O. The molecule has 0 radical (unpaired) electrons. The Balaban J connectivity index is 1.99. The van der Waals surface area contributed by atoms with Crippen LogP contribution in [0.25, 0.3) is 0 Å². The number of carbonyl (C=O) groups is 1. The zero-order valence-electron chi connectivity index (χ0n) is 10.5. The number of rotatable bonds is 5. The summed E-state index contributed by atoms with van der Waals surface area (Å²) in [7, 11) is 0. The smallest absolute Gasteiger partial charge is 0.187 e. The van der Waals surface area contributed by atoms with Crippen LogP contribution in [0.3, 0.4) is 0 Å². The van der Waals surface area contributed by atoms with Crippen LogP contribution in [0.5, 0.6) is 0 Å². The molecule has 8 heteroatoms. The van der Waals surface area contributed by atoms with E-state index in [-0.39, 0.29) is 12.4 Å². The summed E-state index contributed by atoms with van der Waals surface area (Å²) < 4.78 is 15.3. The zero-order valence-corrected chi connectivity index (χ0v) is 10.5. The third-order valence-corrected chi connectivity index (χ3v) is 3.14. The molecule has 1 aliphatic heterocycles. The zero-order chi connectivity index (χ0) is 14.7. The predicted octanol–water partition coefficient (Wildman–Crippen LogP) is -1.59. The minimum atomic E-state index is -1.50. The summed E-state index contributed by atoms with van der Waals surface area (Å²) in [5.41, 5.74) is 0.456. The summed E-state index contributed by atoms with van der Waals surface area (Å²) in [5, 5.41) is 37.9. The van der Waals surface area contributed by atoms with Gasteiger partial charge in [-0.1, -0.05) is 0 Å². The maximum Gasteiger partial charge on any atom is 0.187 e. The molecule has 0 aliphatic carbocycles. The lowest BCUT2D eigenvalue weighted by molar-refractivity contribution is -0.304. The van der Waals surface area contributed by atoms with Crippen molar-refractivity contribution in [2.75, 3.05) is 6.61 Å². The minimum Gasteiger partial charge on any atom is -0.461 e. The van der Waals surface area contributed by atoms with Crippen molar-refractivity contribution in [2.24, 2.45) is 0 Å². The Kier molecular flexibility index (Phi) is 4.86. The quantitative estimate of drug-likeness (QED) is 0.477. The van der Waals surface area contributed by atoms with Crippen molar-refractivity contribution in [1.82, 2.24) is 0 Å². The van der Waals surface area contributed by atoms with E-state index in [1.165, 1.54) is 12.3 Å². The maximum atomic E-state index is 10.7. The summed E-state index contributed by atoms with van der Waals surface area (Å²) in [6.45, 7) is -0.622. The van der Waals surface area contributed by atoms with Gasteiger partial charge in [0.25, 0.3) is 0 Å². The fourth-order valence-electron chi connectivity index (χ4n) is 1.95.